The Bertz CT molecular complexity index is 910. The summed E-state index contributed by atoms with van der Waals surface area (Å²) in [6, 6.07) is 15.0. The molecule has 0 unspecified atom stereocenters. The van der Waals surface area contributed by atoms with Gasteiger partial charge in [-0.2, -0.15) is 5.10 Å². The lowest BCUT2D eigenvalue weighted by molar-refractivity contribution is 0.779. The average Bonchev–Trinajstić information content (AvgIpc) is 2.78. The molecule has 0 radical (unpaired) electrons. The van der Waals surface area contributed by atoms with Crippen LogP contribution in [-0.2, 0) is 6.42 Å². The van der Waals surface area contributed by atoms with Crippen molar-refractivity contribution in [2.24, 2.45) is 0 Å². The van der Waals surface area contributed by atoms with Crippen molar-refractivity contribution in [1.29, 1.82) is 0 Å². The van der Waals surface area contributed by atoms with E-state index in [0.717, 1.165) is 34.6 Å². The SMILES string of the molecule is Cc1ccc(-n2nc(-c3ccc(Br)cc3)c3c2NCCCC3)c(C)c1. The summed E-state index contributed by atoms with van der Waals surface area (Å²) in [7, 11) is 0. The van der Waals surface area contributed by atoms with Crippen LogP contribution in [-0.4, -0.2) is 16.3 Å². The molecule has 0 saturated heterocycles. The second-order valence-corrected chi connectivity index (χ2v) is 7.68. The number of hydrogen-bond donors (Lipinski definition) is 1. The summed E-state index contributed by atoms with van der Waals surface area (Å²) in [5, 5.41) is 8.66. The summed E-state index contributed by atoms with van der Waals surface area (Å²) in [4.78, 5) is 0. The van der Waals surface area contributed by atoms with Gasteiger partial charge in [0.15, 0.2) is 0 Å². The molecule has 4 rings (SSSR count). The molecule has 1 aromatic heterocycles. The Morgan fingerprint density at radius 1 is 1.04 bits per heavy atom. The van der Waals surface area contributed by atoms with E-state index < -0.39 is 0 Å². The van der Waals surface area contributed by atoms with Crippen LogP contribution in [0.25, 0.3) is 16.9 Å². The molecule has 4 heteroatoms. The summed E-state index contributed by atoms with van der Waals surface area (Å²) < 4.78 is 3.20. The first kappa shape index (κ1) is 16.4. The van der Waals surface area contributed by atoms with Crippen molar-refractivity contribution in [2.75, 3.05) is 11.9 Å². The van der Waals surface area contributed by atoms with Crippen molar-refractivity contribution >= 4 is 21.7 Å². The average molecular weight is 396 g/mol. The number of aromatic nitrogens is 2. The van der Waals surface area contributed by atoms with Gasteiger partial charge in [-0.3, -0.25) is 0 Å². The molecular weight excluding hydrogens is 374 g/mol. The highest BCUT2D eigenvalue weighted by molar-refractivity contribution is 9.10. The normalized spacial score (nSPS) is 13.9. The van der Waals surface area contributed by atoms with Crippen molar-refractivity contribution in [3.63, 3.8) is 0 Å². The molecule has 2 aromatic carbocycles. The predicted molar refractivity (Wildman–Crippen MR) is 108 cm³/mol. The minimum atomic E-state index is 1.00. The largest absolute Gasteiger partial charge is 0.370 e. The molecule has 2 heterocycles. The van der Waals surface area contributed by atoms with Gasteiger partial charge in [-0.05, 0) is 56.9 Å². The van der Waals surface area contributed by atoms with Crippen LogP contribution in [0.1, 0.15) is 29.5 Å². The summed E-state index contributed by atoms with van der Waals surface area (Å²) in [5.74, 6) is 1.15. The van der Waals surface area contributed by atoms with E-state index >= 15 is 0 Å². The first-order valence-corrected chi connectivity index (χ1v) is 9.62. The van der Waals surface area contributed by atoms with E-state index in [1.165, 1.54) is 35.1 Å². The number of nitrogens with zero attached hydrogens (tertiary/aromatic N) is 2. The fourth-order valence-electron chi connectivity index (χ4n) is 3.56. The number of fused-ring (bicyclic) bond motifs is 1. The maximum Gasteiger partial charge on any atom is 0.133 e. The van der Waals surface area contributed by atoms with Crippen LogP contribution < -0.4 is 5.32 Å². The fourth-order valence-corrected chi connectivity index (χ4v) is 3.82. The van der Waals surface area contributed by atoms with Crippen LogP contribution >= 0.6 is 15.9 Å². The Labute approximate surface area is 157 Å². The Morgan fingerprint density at radius 2 is 1.84 bits per heavy atom. The van der Waals surface area contributed by atoms with Gasteiger partial charge < -0.3 is 5.32 Å². The third-order valence-electron chi connectivity index (χ3n) is 4.83. The molecule has 0 fully saturated rings. The molecule has 3 aromatic rings. The van der Waals surface area contributed by atoms with E-state index in [9.17, 15) is 0 Å². The first-order valence-electron chi connectivity index (χ1n) is 8.83. The van der Waals surface area contributed by atoms with Gasteiger partial charge in [0.1, 0.15) is 5.82 Å². The Hall–Kier alpha value is -2.07. The molecule has 1 N–H and O–H groups in total. The first-order chi connectivity index (χ1) is 12.1. The van der Waals surface area contributed by atoms with E-state index in [2.05, 4.69) is 82.2 Å². The van der Waals surface area contributed by atoms with Crippen molar-refractivity contribution < 1.29 is 0 Å². The lowest BCUT2D eigenvalue weighted by Gasteiger charge is -2.12. The van der Waals surface area contributed by atoms with Gasteiger partial charge in [-0.15, -0.1) is 0 Å². The minimum absolute atomic E-state index is 1.00. The molecule has 0 spiro atoms. The zero-order valence-corrected chi connectivity index (χ0v) is 16.2. The van der Waals surface area contributed by atoms with Gasteiger partial charge in [0, 0.05) is 22.1 Å². The molecule has 0 saturated carbocycles. The smallest absolute Gasteiger partial charge is 0.133 e. The summed E-state index contributed by atoms with van der Waals surface area (Å²) >= 11 is 3.53. The third kappa shape index (κ3) is 3.11. The van der Waals surface area contributed by atoms with Gasteiger partial charge in [0.05, 0.1) is 11.4 Å². The summed E-state index contributed by atoms with van der Waals surface area (Å²) in [6.07, 6.45) is 3.46. The van der Waals surface area contributed by atoms with Gasteiger partial charge in [-0.1, -0.05) is 45.8 Å². The number of hydrogen-bond acceptors (Lipinski definition) is 2. The number of aryl methyl sites for hydroxylation is 2. The molecule has 25 heavy (non-hydrogen) atoms. The lowest BCUT2D eigenvalue weighted by atomic mass is 10.0. The molecule has 3 nitrogen and oxygen atoms in total. The third-order valence-corrected chi connectivity index (χ3v) is 5.36. The number of anilines is 1. The number of halogens is 1. The lowest BCUT2D eigenvalue weighted by Crippen LogP contribution is -2.08. The minimum Gasteiger partial charge on any atom is -0.370 e. The van der Waals surface area contributed by atoms with E-state index in [1.807, 2.05) is 0 Å². The molecule has 0 bridgehead atoms. The fraction of sp³-hybridized carbons (Fsp3) is 0.286. The van der Waals surface area contributed by atoms with E-state index in [1.54, 1.807) is 0 Å². The highest BCUT2D eigenvalue weighted by atomic mass is 79.9. The van der Waals surface area contributed by atoms with Crippen molar-refractivity contribution in [1.82, 2.24) is 9.78 Å². The maximum absolute atomic E-state index is 5.03. The molecular formula is C21H22BrN3. The maximum atomic E-state index is 5.03. The number of benzene rings is 2. The van der Waals surface area contributed by atoms with E-state index in [-0.39, 0.29) is 0 Å². The molecule has 0 atom stereocenters. The van der Waals surface area contributed by atoms with Crippen molar-refractivity contribution in [2.45, 2.75) is 33.1 Å². The summed E-state index contributed by atoms with van der Waals surface area (Å²) in [6.45, 7) is 5.29. The van der Waals surface area contributed by atoms with Crippen LogP contribution in [0.2, 0.25) is 0 Å². The molecule has 0 amide bonds. The van der Waals surface area contributed by atoms with Gasteiger partial charge >= 0.3 is 0 Å². The Morgan fingerprint density at radius 3 is 2.60 bits per heavy atom. The second-order valence-electron chi connectivity index (χ2n) is 6.77. The molecule has 128 valence electrons. The monoisotopic (exact) mass is 395 g/mol. The number of nitrogens with one attached hydrogen (secondary N) is 1. The highest BCUT2D eigenvalue weighted by Gasteiger charge is 2.22. The standard InChI is InChI=1S/C21H22BrN3/c1-14-6-11-19(15(2)13-14)25-21-18(5-3-4-12-23-21)20(24-25)16-7-9-17(22)10-8-16/h6-11,13,23H,3-5,12H2,1-2H3. The predicted octanol–water partition coefficient (Wildman–Crippen LogP) is 5.67. The quantitative estimate of drug-likeness (QED) is 0.605. The molecule has 1 aliphatic rings. The Kier molecular flexibility index (Phi) is 4.38. The van der Waals surface area contributed by atoms with Crippen LogP contribution in [0.3, 0.4) is 0 Å². The van der Waals surface area contributed by atoms with Gasteiger partial charge in [0.25, 0.3) is 0 Å². The number of rotatable bonds is 2. The van der Waals surface area contributed by atoms with Crippen LogP contribution in [0.15, 0.2) is 46.9 Å². The van der Waals surface area contributed by atoms with Crippen LogP contribution in [0.5, 0.6) is 0 Å². The summed E-state index contributed by atoms with van der Waals surface area (Å²) in [5.41, 5.74) is 7.28. The zero-order valence-electron chi connectivity index (χ0n) is 14.6. The highest BCUT2D eigenvalue weighted by Crippen LogP contribution is 2.35. The zero-order chi connectivity index (χ0) is 17.4. The van der Waals surface area contributed by atoms with Gasteiger partial charge in [0.2, 0.25) is 0 Å². The van der Waals surface area contributed by atoms with E-state index in [4.69, 9.17) is 5.10 Å². The van der Waals surface area contributed by atoms with Crippen LogP contribution in [0.4, 0.5) is 5.82 Å². The van der Waals surface area contributed by atoms with Gasteiger partial charge in [-0.25, -0.2) is 4.68 Å². The Balaban J connectivity index is 1.91. The van der Waals surface area contributed by atoms with Crippen molar-refractivity contribution in [3.8, 4) is 16.9 Å². The molecule has 1 aliphatic heterocycles. The van der Waals surface area contributed by atoms with E-state index in [0.29, 0.717) is 0 Å². The second kappa shape index (κ2) is 6.68. The topological polar surface area (TPSA) is 29.9 Å². The van der Waals surface area contributed by atoms with Crippen molar-refractivity contribution in [3.05, 3.63) is 63.6 Å². The van der Waals surface area contributed by atoms with Crippen LogP contribution in [0, 0.1) is 13.8 Å². The molecule has 0 aliphatic carbocycles.